The molecule has 0 fully saturated rings. The number of benzene rings is 3. The van der Waals surface area contributed by atoms with Crippen LogP contribution >= 0.6 is 0 Å². The van der Waals surface area contributed by atoms with E-state index in [1.54, 1.807) is 12.3 Å². The fourth-order valence-electron chi connectivity index (χ4n) is 5.99. The van der Waals surface area contributed by atoms with Crippen LogP contribution in [0.1, 0.15) is 32.7 Å². The van der Waals surface area contributed by atoms with E-state index in [9.17, 15) is 29.1 Å². The number of aryl methyl sites for hydroxylation is 2. The van der Waals surface area contributed by atoms with Gasteiger partial charge in [-0.25, -0.2) is 14.8 Å². The van der Waals surface area contributed by atoms with Crippen LogP contribution in [-0.4, -0.2) is 91.9 Å². The minimum Gasteiger partial charge on any atom is -0.507 e. The Bertz CT molecular complexity index is 2310. The molecular formula is C38H39N9O7. The van der Waals surface area contributed by atoms with E-state index in [0.29, 0.717) is 17.1 Å². The maximum Gasteiger partial charge on any atom is 0.328 e. The molecule has 16 heteroatoms. The van der Waals surface area contributed by atoms with E-state index in [-0.39, 0.29) is 24.2 Å². The number of aromatic nitrogens is 5. The van der Waals surface area contributed by atoms with Gasteiger partial charge in [0.05, 0.1) is 43.1 Å². The molecule has 0 unspecified atom stereocenters. The van der Waals surface area contributed by atoms with Gasteiger partial charge in [0, 0.05) is 47.4 Å². The van der Waals surface area contributed by atoms with Crippen LogP contribution in [0.3, 0.4) is 0 Å². The van der Waals surface area contributed by atoms with Gasteiger partial charge < -0.3 is 46.1 Å². The molecule has 6 rings (SSSR count). The number of ether oxygens (including phenoxy) is 1. The van der Waals surface area contributed by atoms with Gasteiger partial charge in [-0.3, -0.25) is 19.2 Å². The summed E-state index contributed by atoms with van der Waals surface area (Å²) in [6.45, 7) is 2.96. The molecule has 0 radical (unpaired) electrons. The molecule has 0 bridgehead atoms. The third-order valence-corrected chi connectivity index (χ3v) is 9.00. The molecule has 2 atom stereocenters. The van der Waals surface area contributed by atoms with Crippen molar-refractivity contribution < 1.29 is 33.8 Å². The maximum absolute atomic E-state index is 13.5. The normalized spacial score (nSPS) is 12.2. The van der Waals surface area contributed by atoms with Crippen molar-refractivity contribution >= 4 is 51.5 Å². The van der Waals surface area contributed by atoms with Crippen molar-refractivity contribution in [2.45, 2.75) is 38.8 Å². The summed E-state index contributed by atoms with van der Waals surface area (Å²) in [6.07, 6.45) is 4.79. The molecule has 3 heterocycles. The third-order valence-electron chi connectivity index (χ3n) is 9.00. The number of methoxy groups -OCH3 is 1. The number of phenols is 1. The second kappa shape index (κ2) is 16.1. The SMILES string of the molecule is COC(=O)[C@H](Cc1cnc[nH]1)NC(=O)CNC(=O)[C@H](Cc1c[nH]c2ccccc12)NC(=O)CNC(=O)c1cc(-c2nc3cc(C)c(C)cc3[nH]2)ccc1O. The lowest BCUT2D eigenvalue weighted by molar-refractivity contribution is -0.145. The minimum absolute atomic E-state index is 0.0428. The van der Waals surface area contributed by atoms with Gasteiger partial charge in [-0.2, -0.15) is 0 Å². The summed E-state index contributed by atoms with van der Waals surface area (Å²) in [5.74, 6) is -3.25. The number of aromatic hydroxyl groups is 1. The molecule has 8 N–H and O–H groups in total. The minimum atomic E-state index is -1.17. The smallest absolute Gasteiger partial charge is 0.328 e. The molecule has 0 aliphatic rings. The Labute approximate surface area is 308 Å². The van der Waals surface area contributed by atoms with E-state index in [4.69, 9.17) is 4.74 Å². The monoisotopic (exact) mass is 733 g/mol. The van der Waals surface area contributed by atoms with Crippen molar-refractivity contribution in [2.75, 3.05) is 20.2 Å². The molecule has 0 aliphatic carbocycles. The zero-order chi connectivity index (χ0) is 38.4. The highest BCUT2D eigenvalue weighted by Crippen LogP contribution is 2.27. The van der Waals surface area contributed by atoms with Crippen LogP contribution in [0.25, 0.3) is 33.3 Å². The Morgan fingerprint density at radius 2 is 1.59 bits per heavy atom. The molecule has 0 spiro atoms. The Morgan fingerprint density at radius 3 is 2.35 bits per heavy atom. The molecule has 16 nitrogen and oxygen atoms in total. The highest BCUT2D eigenvalue weighted by Gasteiger charge is 2.26. The zero-order valence-electron chi connectivity index (χ0n) is 29.7. The fourth-order valence-corrected chi connectivity index (χ4v) is 5.99. The third kappa shape index (κ3) is 8.55. The number of carbonyl (C=O) groups excluding carboxylic acids is 5. The molecule has 278 valence electrons. The number of carbonyl (C=O) groups is 5. The summed E-state index contributed by atoms with van der Waals surface area (Å²) >= 11 is 0. The Morgan fingerprint density at radius 1 is 0.852 bits per heavy atom. The lowest BCUT2D eigenvalue weighted by atomic mass is 10.0. The molecule has 6 aromatic rings. The van der Waals surface area contributed by atoms with E-state index < -0.39 is 54.8 Å². The maximum atomic E-state index is 13.5. The van der Waals surface area contributed by atoms with E-state index in [1.807, 2.05) is 50.2 Å². The second-order valence-corrected chi connectivity index (χ2v) is 12.8. The highest BCUT2D eigenvalue weighted by molar-refractivity contribution is 6.00. The number of hydrogen-bond acceptors (Lipinski definition) is 9. The van der Waals surface area contributed by atoms with Crippen LogP contribution in [0.5, 0.6) is 5.75 Å². The number of phenolic OH excluding ortho intramolecular Hbond substituents is 1. The van der Waals surface area contributed by atoms with Gasteiger partial charge >= 0.3 is 5.97 Å². The van der Waals surface area contributed by atoms with Crippen LogP contribution in [0.2, 0.25) is 0 Å². The van der Waals surface area contributed by atoms with Crippen molar-refractivity contribution in [2.24, 2.45) is 0 Å². The summed E-state index contributed by atoms with van der Waals surface area (Å²) in [5, 5.41) is 21.6. The predicted molar refractivity (Wildman–Crippen MR) is 198 cm³/mol. The van der Waals surface area contributed by atoms with Crippen molar-refractivity contribution in [1.82, 2.24) is 46.2 Å². The molecule has 3 aromatic heterocycles. The number of hydrogen-bond donors (Lipinski definition) is 8. The molecule has 0 saturated carbocycles. The molecule has 0 aliphatic heterocycles. The summed E-state index contributed by atoms with van der Waals surface area (Å²) in [4.78, 5) is 82.9. The summed E-state index contributed by atoms with van der Waals surface area (Å²) < 4.78 is 4.81. The Balaban J connectivity index is 1.11. The number of nitrogens with zero attached hydrogens (tertiary/aromatic N) is 2. The van der Waals surface area contributed by atoms with E-state index >= 15 is 0 Å². The first-order valence-corrected chi connectivity index (χ1v) is 17.0. The van der Waals surface area contributed by atoms with Crippen LogP contribution in [0, 0.1) is 13.8 Å². The first kappa shape index (κ1) is 36.8. The summed E-state index contributed by atoms with van der Waals surface area (Å²) in [6, 6.07) is 13.6. The van der Waals surface area contributed by atoms with Gasteiger partial charge in [0.25, 0.3) is 5.91 Å². The number of imidazole rings is 2. The van der Waals surface area contributed by atoms with Crippen LogP contribution in [0.15, 0.2) is 73.3 Å². The largest absolute Gasteiger partial charge is 0.507 e. The first-order chi connectivity index (χ1) is 26.0. The predicted octanol–water partition coefficient (Wildman–Crippen LogP) is 2.23. The van der Waals surface area contributed by atoms with E-state index in [1.165, 1.54) is 31.8 Å². The van der Waals surface area contributed by atoms with Gasteiger partial charge in [-0.15, -0.1) is 0 Å². The van der Waals surface area contributed by atoms with E-state index in [0.717, 1.165) is 38.6 Å². The quantitative estimate of drug-likeness (QED) is 0.0766. The average Bonchev–Trinajstić information content (AvgIpc) is 3.93. The van der Waals surface area contributed by atoms with E-state index in [2.05, 4.69) is 46.2 Å². The summed E-state index contributed by atoms with van der Waals surface area (Å²) in [7, 11) is 1.19. The summed E-state index contributed by atoms with van der Waals surface area (Å²) in [5.41, 5.74) is 6.37. The average molecular weight is 734 g/mol. The van der Waals surface area contributed by atoms with Gasteiger partial charge in [-0.1, -0.05) is 18.2 Å². The Kier molecular flexibility index (Phi) is 11.0. The van der Waals surface area contributed by atoms with Crippen molar-refractivity contribution in [3.63, 3.8) is 0 Å². The van der Waals surface area contributed by atoms with Crippen molar-refractivity contribution in [3.05, 3.63) is 101 Å². The fraction of sp³-hybridized carbons (Fsp3) is 0.237. The van der Waals surface area contributed by atoms with Crippen LogP contribution in [0.4, 0.5) is 0 Å². The van der Waals surface area contributed by atoms with Gasteiger partial charge in [0.1, 0.15) is 23.7 Å². The first-order valence-electron chi connectivity index (χ1n) is 17.0. The number of H-pyrrole nitrogens is 3. The molecule has 54 heavy (non-hydrogen) atoms. The van der Waals surface area contributed by atoms with Crippen LogP contribution < -0.4 is 21.3 Å². The molecular weight excluding hydrogens is 694 g/mol. The van der Waals surface area contributed by atoms with Gasteiger partial charge in [0.15, 0.2) is 0 Å². The molecule has 3 aromatic carbocycles. The lowest BCUT2D eigenvalue weighted by Gasteiger charge is -2.20. The number of esters is 1. The molecule has 4 amide bonds. The van der Waals surface area contributed by atoms with Crippen molar-refractivity contribution in [1.29, 1.82) is 0 Å². The van der Waals surface area contributed by atoms with Gasteiger partial charge in [0.2, 0.25) is 17.7 Å². The number of rotatable bonds is 14. The highest BCUT2D eigenvalue weighted by atomic mass is 16.5. The van der Waals surface area contributed by atoms with Crippen molar-refractivity contribution in [3.8, 4) is 17.1 Å². The van der Waals surface area contributed by atoms with Gasteiger partial charge in [-0.05, 0) is 66.9 Å². The topological polar surface area (TPSA) is 236 Å². The Hall–Kier alpha value is -6.97. The lowest BCUT2D eigenvalue weighted by Crippen LogP contribution is -2.53. The number of aromatic amines is 3. The number of amides is 4. The number of para-hydroxylation sites is 1. The second-order valence-electron chi connectivity index (χ2n) is 12.8. The van der Waals surface area contributed by atoms with Crippen LogP contribution in [-0.2, 0) is 36.8 Å². The molecule has 0 saturated heterocycles. The number of nitrogens with one attached hydrogen (secondary N) is 7. The number of fused-ring (bicyclic) bond motifs is 2. The standard InChI is InChI=1S/C38H39N9O7/c1-20-10-28-29(11-21(20)2)47-35(46-28)22-8-9-32(48)26(12-22)36(51)41-17-33(49)44-30(13-23-15-40-27-7-5-4-6-25(23)27)37(52)42-18-34(50)45-31(38(53)54-3)14-24-16-39-19-43-24/h4-12,15-16,19,30-31,40,48H,13-14,17-18H2,1-3H3,(H,39,43)(H,41,51)(H,42,52)(H,44,49)(H,45,50)(H,46,47)/t30-,31-/m0/s1. The zero-order valence-corrected chi connectivity index (χ0v) is 29.7.